The zero-order valence-corrected chi connectivity index (χ0v) is 13.0. The number of rotatable bonds is 3. The Bertz CT molecular complexity index is 804. The number of imidazole rings is 1. The lowest BCUT2D eigenvalue weighted by atomic mass is 10.1. The van der Waals surface area contributed by atoms with E-state index in [4.69, 9.17) is 4.98 Å². The summed E-state index contributed by atoms with van der Waals surface area (Å²) in [6.07, 6.45) is 7.66. The monoisotopic (exact) mass is 308 g/mol. The number of aromatic hydroxyl groups is 1. The van der Waals surface area contributed by atoms with Crippen molar-refractivity contribution in [2.24, 2.45) is 0 Å². The Labute approximate surface area is 135 Å². The van der Waals surface area contributed by atoms with Crippen LogP contribution < -0.4 is 0 Å². The number of hydrogen-bond donors (Lipinski definition) is 1. The van der Waals surface area contributed by atoms with Crippen molar-refractivity contribution in [1.29, 1.82) is 0 Å². The highest BCUT2D eigenvalue weighted by atomic mass is 16.3. The van der Waals surface area contributed by atoms with Crippen molar-refractivity contribution in [1.82, 2.24) is 19.3 Å². The summed E-state index contributed by atoms with van der Waals surface area (Å²) in [5.41, 5.74) is 3.13. The van der Waals surface area contributed by atoms with Crippen molar-refractivity contribution in [3.8, 4) is 17.0 Å². The molecule has 23 heavy (non-hydrogen) atoms. The Hall–Kier alpha value is -2.40. The topological polar surface area (TPSA) is 53.7 Å². The Balaban J connectivity index is 1.79. The van der Waals surface area contributed by atoms with Gasteiger partial charge in [-0.15, -0.1) is 0 Å². The van der Waals surface area contributed by atoms with Crippen LogP contribution in [0.1, 0.15) is 25.0 Å². The van der Waals surface area contributed by atoms with Gasteiger partial charge in [-0.25, -0.2) is 9.97 Å². The van der Waals surface area contributed by atoms with E-state index in [1.165, 1.54) is 25.0 Å². The van der Waals surface area contributed by atoms with Gasteiger partial charge in [0.05, 0.1) is 11.4 Å². The second-order valence-electron chi connectivity index (χ2n) is 6.08. The Kier molecular flexibility index (Phi) is 3.71. The number of hydrogen-bond acceptors (Lipinski definition) is 4. The van der Waals surface area contributed by atoms with Gasteiger partial charge < -0.3 is 5.11 Å². The number of benzene rings is 1. The molecule has 0 radical (unpaired) electrons. The van der Waals surface area contributed by atoms with Gasteiger partial charge in [0.2, 0.25) is 5.78 Å². The van der Waals surface area contributed by atoms with Gasteiger partial charge in [-0.3, -0.25) is 9.30 Å². The highest BCUT2D eigenvalue weighted by Gasteiger charge is 2.18. The Morgan fingerprint density at radius 1 is 1.04 bits per heavy atom. The molecule has 0 atom stereocenters. The standard InChI is InChI=1S/C18H20N4O/c23-15-7-5-14(6-8-15)17-16(13-21-10-2-1-3-11-21)22-12-4-9-19-18(22)20-17/h4-9,12,23H,1-3,10-11,13H2. The van der Waals surface area contributed by atoms with Gasteiger partial charge in [0, 0.05) is 24.5 Å². The van der Waals surface area contributed by atoms with E-state index in [1.54, 1.807) is 18.3 Å². The maximum absolute atomic E-state index is 9.53. The fourth-order valence-corrected chi connectivity index (χ4v) is 3.27. The molecule has 2 aromatic heterocycles. The summed E-state index contributed by atoms with van der Waals surface area (Å²) < 4.78 is 2.08. The van der Waals surface area contributed by atoms with Crippen molar-refractivity contribution < 1.29 is 5.11 Å². The summed E-state index contributed by atoms with van der Waals surface area (Å²) in [5.74, 6) is 0.996. The lowest BCUT2D eigenvalue weighted by Gasteiger charge is -2.26. The predicted molar refractivity (Wildman–Crippen MR) is 89.2 cm³/mol. The number of nitrogens with zero attached hydrogens (tertiary/aromatic N) is 4. The largest absolute Gasteiger partial charge is 0.508 e. The third kappa shape index (κ3) is 2.80. The molecule has 0 saturated carbocycles. The molecule has 5 heteroatoms. The third-order valence-electron chi connectivity index (χ3n) is 4.47. The van der Waals surface area contributed by atoms with E-state index in [9.17, 15) is 5.11 Å². The van der Waals surface area contributed by atoms with Gasteiger partial charge in [0.15, 0.2) is 0 Å². The lowest BCUT2D eigenvalue weighted by molar-refractivity contribution is 0.218. The lowest BCUT2D eigenvalue weighted by Crippen LogP contribution is -2.29. The summed E-state index contributed by atoms with van der Waals surface area (Å²) in [7, 11) is 0. The van der Waals surface area contributed by atoms with Crippen LogP contribution in [0.2, 0.25) is 0 Å². The minimum atomic E-state index is 0.271. The minimum absolute atomic E-state index is 0.271. The van der Waals surface area contributed by atoms with Crippen LogP contribution in [0.25, 0.3) is 17.0 Å². The van der Waals surface area contributed by atoms with Crippen molar-refractivity contribution in [2.45, 2.75) is 25.8 Å². The number of fused-ring (bicyclic) bond motifs is 1. The van der Waals surface area contributed by atoms with Crippen LogP contribution in [0.3, 0.4) is 0 Å². The molecule has 5 nitrogen and oxygen atoms in total. The van der Waals surface area contributed by atoms with E-state index >= 15 is 0 Å². The number of phenolic OH excluding ortho intramolecular Hbond substituents is 1. The van der Waals surface area contributed by atoms with E-state index < -0.39 is 0 Å². The Morgan fingerprint density at radius 3 is 2.61 bits per heavy atom. The minimum Gasteiger partial charge on any atom is -0.508 e. The highest BCUT2D eigenvalue weighted by molar-refractivity contribution is 5.66. The van der Waals surface area contributed by atoms with Gasteiger partial charge >= 0.3 is 0 Å². The maximum atomic E-state index is 9.53. The van der Waals surface area contributed by atoms with Gasteiger partial charge in [0.25, 0.3) is 0 Å². The first-order chi connectivity index (χ1) is 11.3. The molecular weight excluding hydrogens is 288 g/mol. The maximum Gasteiger partial charge on any atom is 0.234 e. The zero-order valence-electron chi connectivity index (χ0n) is 13.0. The molecule has 0 aliphatic carbocycles. The molecule has 118 valence electrons. The smallest absolute Gasteiger partial charge is 0.234 e. The normalized spacial score (nSPS) is 16.0. The fraction of sp³-hybridized carbons (Fsp3) is 0.333. The molecule has 1 fully saturated rings. The van der Waals surface area contributed by atoms with E-state index in [0.717, 1.165) is 36.7 Å². The molecule has 1 aliphatic heterocycles. The summed E-state index contributed by atoms with van der Waals surface area (Å²) in [5, 5.41) is 9.53. The highest BCUT2D eigenvalue weighted by Crippen LogP contribution is 2.27. The molecule has 0 unspecified atom stereocenters. The van der Waals surface area contributed by atoms with Crippen LogP contribution in [-0.4, -0.2) is 37.5 Å². The quantitative estimate of drug-likeness (QED) is 0.808. The molecule has 0 amide bonds. The second-order valence-corrected chi connectivity index (χ2v) is 6.08. The van der Waals surface area contributed by atoms with Gasteiger partial charge in [-0.05, 0) is 56.3 Å². The molecule has 1 N–H and O–H groups in total. The van der Waals surface area contributed by atoms with Crippen LogP contribution in [0.15, 0.2) is 42.7 Å². The summed E-state index contributed by atoms with van der Waals surface area (Å²) in [4.78, 5) is 11.6. The first-order valence-corrected chi connectivity index (χ1v) is 8.15. The van der Waals surface area contributed by atoms with Crippen LogP contribution in [0.5, 0.6) is 5.75 Å². The third-order valence-corrected chi connectivity index (χ3v) is 4.47. The zero-order chi connectivity index (χ0) is 15.6. The number of likely N-dealkylation sites (tertiary alicyclic amines) is 1. The predicted octanol–water partition coefficient (Wildman–Crippen LogP) is 3.09. The van der Waals surface area contributed by atoms with Gasteiger partial charge in [-0.2, -0.15) is 0 Å². The van der Waals surface area contributed by atoms with Crippen LogP contribution in [-0.2, 0) is 6.54 Å². The summed E-state index contributed by atoms with van der Waals surface area (Å²) in [6.45, 7) is 3.16. The Morgan fingerprint density at radius 2 is 1.83 bits per heavy atom. The number of phenols is 1. The molecule has 4 rings (SSSR count). The van der Waals surface area contributed by atoms with Crippen LogP contribution in [0.4, 0.5) is 0 Å². The molecule has 0 spiro atoms. The molecule has 3 aromatic rings. The van der Waals surface area contributed by atoms with E-state index in [-0.39, 0.29) is 5.75 Å². The number of aromatic nitrogens is 3. The molecular formula is C18H20N4O. The van der Waals surface area contributed by atoms with Crippen molar-refractivity contribution in [3.05, 3.63) is 48.4 Å². The molecule has 0 bridgehead atoms. The average molecular weight is 308 g/mol. The van der Waals surface area contributed by atoms with Crippen molar-refractivity contribution in [3.63, 3.8) is 0 Å². The van der Waals surface area contributed by atoms with Gasteiger partial charge in [-0.1, -0.05) is 6.42 Å². The van der Waals surface area contributed by atoms with Gasteiger partial charge in [0.1, 0.15) is 5.75 Å². The summed E-state index contributed by atoms with van der Waals surface area (Å²) >= 11 is 0. The van der Waals surface area contributed by atoms with E-state index in [0.29, 0.717) is 0 Å². The van der Waals surface area contributed by atoms with Crippen LogP contribution in [0, 0.1) is 0 Å². The van der Waals surface area contributed by atoms with Crippen LogP contribution >= 0.6 is 0 Å². The first-order valence-electron chi connectivity index (χ1n) is 8.15. The summed E-state index contributed by atoms with van der Waals surface area (Å²) in [6, 6.07) is 9.18. The molecule has 1 saturated heterocycles. The SMILES string of the molecule is Oc1ccc(-c2nc3ncccn3c2CN2CCCCC2)cc1. The van der Waals surface area contributed by atoms with Crippen molar-refractivity contribution >= 4 is 5.78 Å². The molecule has 3 heterocycles. The second kappa shape index (κ2) is 6.01. The van der Waals surface area contributed by atoms with E-state index in [1.807, 2.05) is 24.4 Å². The first kappa shape index (κ1) is 14.2. The van der Waals surface area contributed by atoms with Crippen molar-refractivity contribution in [2.75, 3.05) is 13.1 Å². The average Bonchev–Trinajstić information content (AvgIpc) is 2.95. The number of piperidine rings is 1. The molecule has 1 aromatic carbocycles. The fourth-order valence-electron chi connectivity index (χ4n) is 3.27. The van der Waals surface area contributed by atoms with E-state index in [2.05, 4.69) is 14.3 Å². The molecule has 1 aliphatic rings.